The summed E-state index contributed by atoms with van der Waals surface area (Å²) in [6.45, 7) is 3.84. The van der Waals surface area contributed by atoms with Crippen molar-refractivity contribution in [3.8, 4) is 11.3 Å². The normalized spacial score (nSPS) is 10.9. The summed E-state index contributed by atoms with van der Waals surface area (Å²) in [6, 6.07) is 12.9. The third kappa shape index (κ3) is 2.44. The summed E-state index contributed by atoms with van der Waals surface area (Å²) in [7, 11) is 0. The third-order valence-corrected chi connectivity index (χ3v) is 4.12. The van der Waals surface area contributed by atoms with Gasteiger partial charge in [-0.2, -0.15) is 0 Å². The molecule has 1 heterocycles. The van der Waals surface area contributed by atoms with E-state index in [1.807, 2.05) is 38.1 Å². The molecule has 0 radical (unpaired) electrons. The number of carboxylic acids is 1. The first-order valence-electron chi connectivity index (χ1n) is 6.87. The van der Waals surface area contributed by atoms with Gasteiger partial charge in [-0.3, -0.25) is 0 Å². The van der Waals surface area contributed by atoms with Gasteiger partial charge in [-0.15, -0.1) is 0 Å². The molecule has 1 aromatic heterocycles. The number of hydrogen-bond donors (Lipinski definition) is 1. The Kier molecular flexibility index (Phi) is 3.59. The van der Waals surface area contributed by atoms with Crippen molar-refractivity contribution in [3.63, 3.8) is 0 Å². The predicted octanol–water partition coefficient (Wildman–Crippen LogP) is 4.87. The molecule has 0 spiro atoms. The summed E-state index contributed by atoms with van der Waals surface area (Å²) >= 11 is 6.16. The van der Waals surface area contributed by atoms with Gasteiger partial charge in [-0.1, -0.05) is 41.4 Å². The number of nitrogens with zero attached hydrogens (tertiary/aromatic N) is 1. The number of aromatic nitrogens is 1. The lowest BCUT2D eigenvalue weighted by Gasteiger charge is -2.10. The van der Waals surface area contributed by atoms with E-state index in [9.17, 15) is 9.90 Å². The van der Waals surface area contributed by atoms with Gasteiger partial charge in [-0.25, -0.2) is 9.78 Å². The number of fused-ring (bicyclic) bond motifs is 1. The van der Waals surface area contributed by atoms with Gasteiger partial charge in [0.15, 0.2) is 0 Å². The minimum atomic E-state index is -0.969. The van der Waals surface area contributed by atoms with Crippen LogP contribution in [0, 0.1) is 13.8 Å². The van der Waals surface area contributed by atoms with E-state index < -0.39 is 5.97 Å². The van der Waals surface area contributed by atoms with Crippen molar-refractivity contribution in [1.82, 2.24) is 4.98 Å². The van der Waals surface area contributed by atoms with Crippen LogP contribution in [0.3, 0.4) is 0 Å². The molecule has 0 bridgehead atoms. The van der Waals surface area contributed by atoms with Crippen LogP contribution < -0.4 is 0 Å². The molecule has 0 fully saturated rings. The van der Waals surface area contributed by atoms with Crippen LogP contribution in [0.15, 0.2) is 42.5 Å². The fraction of sp³-hybridized carbons (Fsp3) is 0.111. The summed E-state index contributed by atoms with van der Waals surface area (Å²) in [5.41, 5.74) is 4.28. The number of carboxylic acid groups (broad SMARTS) is 1. The van der Waals surface area contributed by atoms with Crippen molar-refractivity contribution in [3.05, 3.63) is 64.2 Å². The van der Waals surface area contributed by atoms with Crippen molar-refractivity contribution < 1.29 is 9.90 Å². The van der Waals surface area contributed by atoms with Gasteiger partial charge in [0, 0.05) is 16.0 Å². The molecule has 0 unspecified atom stereocenters. The van der Waals surface area contributed by atoms with E-state index in [1.54, 1.807) is 18.2 Å². The molecule has 2 aromatic carbocycles. The minimum absolute atomic E-state index is 0.237. The van der Waals surface area contributed by atoms with Crippen LogP contribution in [0.1, 0.15) is 21.5 Å². The molecule has 1 N–H and O–H groups in total. The number of pyridine rings is 1. The van der Waals surface area contributed by atoms with Crippen molar-refractivity contribution >= 4 is 28.5 Å². The Bertz CT molecular complexity index is 903. The molecule has 3 nitrogen and oxygen atoms in total. The van der Waals surface area contributed by atoms with Gasteiger partial charge in [0.2, 0.25) is 0 Å². The molecule has 0 saturated carbocycles. The third-order valence-electron chi connectivity index (χ3n) is 3.71. The first kappa shape index (κ1) is 14.5. The quantitative estimate of drug-likeness (QED) is 0.734. The molecule has 22 heavy (non-hydrogen) atoms. The van der Waals surface area contributed by atoms with Crippen LogP contribution >= 0.6 is 11.6 Å². The molecule has 110 valence electrons. The zero-order valence-electron chi connectivity index (χ0n) is 12.2. The van der Waals surface area contributed by atoms with Crippen LogP contribution in [0.2, 0.25) is 5.02 Å². The predicted molar refractivity (Wildman–Crippen MR) is 88.6 cm³/mol. The van der Waals surface area contributed by atoms with E-state index in [-0.39, 0.29) is 5.56 Å². The maximum Gasteiger partial charge on any atom is 0.336 e. The first-order valence-corrected chi connectivity index (χ1v) is 7.25. The average molecular weight is 312 g/mol. The van der Waals surface area contributed by atoms with Gasteiger partial charge in [0.05, 0.1) is 16.8 Å². The van der Waals surface area contributed by atoms with Crippen LogP contribution in [-0.4, -0.2) is 16.1 Å². The highest BCUT2D eigenvalue weighted by atomic mass is 35.5. The molecule has 0 aliphatic rings. The van der Waals surface area contributed by atoms with E-state index in [1.165, 1.54) is 0 Å². The highest BCUT2D eigenvalue weighted by molar-refractivity contribution is 6.32. The van der Waals surface area contributed by atoms with Crippen LogP contribution in [0.5, 0.6) is 0 Å². The summed E-state index contributed by atoms with van der Waals surface area (Å²) < 4.78 is 0. The monoisotopic (exact) mass is 311 g/mol. The van der Waals surface area contributed by atoms with Crippen LogP contribution in [0.25, 0.3) is 22.2 Å². The highest BCUT2D eigenvalue weighted by Crippen LogP contribution is 2.30. The van der Waals surface area contributed by atoms with Crippen LogP contribution in [-0.2, 0) is 0 Å². The number of aryl methyl sites for hydroxylation is 2. The SMILES string of the molecule is Cc1cccc(-c2cc(C(=O)O)c3ccc(Cl)c(C)c3n2)c1. The van der Waals surface area contributed by atoms with Gasteiger partial charge in [-0.05, 0) is 37.6 Å². The van der Waals surface area contributed by atoms with Gasteiger partial charge in [0.25, 0.3) is 0 Å². The number of hydrogen-bond acceptors (Lipinski definition) is 2. The second-order valence-electron chi connectivity index (χ2n) is 5.30. The Morgan fingerprint density at radius 2 is 1.91 bits per heavy atom. The van der Waals surface area contributed by atoms with Gasteiger partial charge in [0.1, 0.15) is 0 Å². The molecular formula is C18H14ClNO2. The molecule has 0 atom stereocenters. The zero-order chi connectivity index (χ0) is 15.9. The second-order valence-corrected chi connectivity index (χ2v) is 5.71. The Labute approximate surface area is 133 Å². The Morgan fingerprint density at radius 3 is 2.59 bits per heavy atom. The maximum atomic E-state index is 11.6. The topological polar surface area (TPSA) is 50.2 Å². The lowest BCUT2D eigenvalue weighted by atomic mass is 10.0. The standard InChI is InChI=1S/C18H14ClNO2/c1-10-4-3-5-12(8-10)16-9-14(18(21)22)13-6-7-15(19)11(2)17(13)20-16/h3-9H,1-2H3,(H,21,22). The van der Waals surface area contributed by atoms with Crippen LogP contribution in [0.4, 0.5) is 0 Å². The fourth-order valence-electron chi connectivity index (χ4n) is 2.53. The van der Waals surface area contributed by atoms with Crippen molar-refractivity contribution in [1.29, 1.82) is 0 Å². The number of carbonyl (C=O) groups is 1. The first-order chi connectivity index (χ1) is 10.5. The Balaban J connectivity index is 2.37. The average Bonchev–Trinajstić information content (AvgIpc) is 2.50. The minimum Gasteiger partial charge on any atom is -0.478 e. The summed E-state index contributed by atoms with van der Waals surface area (Å²) in [5, 5.41) is 10.7. The van der Waals surface area contributed by atoms with Gasteiger partial charge >= 0.3 is 5.97 Å². The van der Waals surface area contributed by atoms with E-state index in [2.05, 4.69) is 4.98 Å². The molecule has 3 aromatic rings. The lowest BCUT2D eigenvalue weighted by molar-refractivity contribution is 0.0699. The summed E-state index contributed by atoms with van der Waals surface area (Å²) in [5.74, 6) is -0.969. The maximum absolute atomic E-state index is 11.6. The number of rotatable bonds is 2. The summed E-state index contributed by atoms with van der Waals surface area (Å²) in [6.07, 6.45) is 0. The number of benzene rings is 2. The largest absolute Gasteiger partial charge is 0.478 e. The fourth-order valence-corrected chi connectivity index (χ4v) is 2.69. The number of halogens is 1. The molecule has 0 aliphatic carbocycles. The molecule has 0 saturated heterocycles. The molecule has 0 amide bonds. The van der Waals surface area contributed by atoms with E-state index in [0.717, 1.165) is 16.7 Å². The lowest BCUT2D eigenvalue weighted by Crippen LogP contribution is -2.01. The van der Waals surface area contributed by atoms with E-state index in [4.69, 9.17) is 11.6 Å². The van der Waals surface area contributed by atoms with E-state index >= 15 is 0 Å². The van der Waals surface area contributed by atoms with Crippen molar-refractivity contribution in [2.24, 2.45) is 0 Å². The second kappa shape index (κ2) is 5.43. The Hall–Kier alpha value is -2.39. The smallest absolute Gasteiger partial charge is 0.336 e. The molecule has 0 aliphatic heterocycles. The number of aromatic carboxylic acids is 1. The van der Waals surface area contributed by atoms with E-state index in [0.29, 0.717) is 21.6 Å². The zero-order valence-corrected chi connectivity index (χ0v) is 13.0. The summed E-state index contributed by atoms with van der Waals surface area (Å²) in [4.78, 5) is 16.2. The molecule has 3 rings (SSSR count). The Morgan fingerprint density at radius 1 is 1.14 bits per heavy atom. The highest BCUT2D eigenvalue weighted by Gasteiger charge is 2.15. The van der Waals surface area contributed by atoms with Crippen molar-refractivity contribution in [2.75, 3.05) is 0 Å². The molecular weight excluding hydrogens is 298 g/mol. The van der Waals surface area contributed by atoms with Crippen molar-refractivity contribution in [2.45, 2.75) is 13.8 Å². The molecule has 4 heteroatoms. The van der Waals surface area contributed by atoms with Gasteiger partial charge < -0.3 is 5.11 Å².